The van der Waals surface area contributed by atoms with Crippen LogP contribution in [0.5, 0.6) is 0 Å². The molecule has 98 valence electrons. The average Bonchev–Trinajstić information content (AvgIpc) is 2.31. The molecule has 3 nitrogen and oxygen atoms in total. The number of nitrogens with zero attached hydrogens (tertiary/aromatic N) is 1. The molecule has 18 heavy (non-hydrogen) atoms. The molecule has 1 aromatic heterocycles. The predicted octanol–water partition coefficient (Wildman–Crippen LogP) is 2.92. The summed E-state index contributed by atoms with van der Waals surface area (Å²) in [7, 11) is 0. The molecule has 1 amide bonds. The van der Waals surface area contributed by atoms with Crippen molar-refractivity contribution >= 4 is 5.91 Å². The van der Waals surface area contributed by atoms with E-state index in [1.54, 1.807) is 0 Å². The van der Waals surface area contributed by atoms with Gasteiger partial charge in [0.25, 0.3) is 5.91 Å². The number of halogens is 1. The van der Waals surface area contributed by atoms with E-state index in [1.165, 1.54) is 24.8 Å². The van der Waals surface area contributed by atoms with Gasteiger partial charge in [0.2, 0.25) is 5.95 Å². The fourth-order valence-corrected chi connectivity index (χ4v) is 2.55. The first-order valence-corrected chi connectivity index (χ1v) is 6.41. The van der Waals surface area contributed by atoms with Gasteiger partial charge in [0.15, 0.2) is 0 Å². The molecular formula is C14H19FN2O. The molecule has 0 unspecified atom stereocenters. The zero-order valence-electron chi connectivity index (χ0n) is 10.9. The number of hydrogen-bond acceptors (Lipinski definition) is 2. The third kappa shape index (κ3) is 2.86. The lowest BCUT2D eigenvalue weighted by Gasteiger charge is -2.39. The van der Waals surface area contributed by atoms with Crippen molar-refractivity contribution in [3.63, 3.8) is 0 Å². The van der Waals surface area contributed by atoms with Gasteiger partial charge in [-0.15, -0.1) is 0 Å². The summed E-state index contributed by atoms with van der Waals surface area (Å²) >= 11 is 0. The predicted molar refractivity (Wildman–Crippen MR) is 67.7 cm³/mol. The third-order valence-corrected chi connectivity index (χ3v) is 3.80. The first-order valence-electron chi connectivity index (χ1n) is 6.41. The van der Waals surface area contributed by atoms with E-state index in [0.717, 1.165) is 19.3 Å². The van der Waals surface area contributed by atoms with Crippen LogP contribution in [0.3, 0.4) is 0 Å². The second kappa shape index (κ2) is 5.04. The summed E-state index contributed by atoms with van der Waals surface area (Å²) in [5, 5.41) is 3.02. The Morgan fingerprint density at radius 2 is 2.28 bits per heavy atom. The highest BCUT2D eigenvalue weighted by molar-refractivity contribution is 5.94. The molecule has 1 aliphatic carbocycles. The molecule has 0 aromatic carbocycles. The summed E-state index contributed by atoms with van der Waals surface area (Å²) < 4.78 is 13.0. The molecule has 1 saturated carbocycles. The summed E-state index contributed by atoms with van der Waals surface area (Å²) in [6.07, 6.45) is 5.77. The highest BCUT2D eigenvalue weighted by Crippen LogP contribution is 2.35. The van der Waals surface area contributed by atoms with Crippen LogP contribution in [-0.2, 0) is 0 Å². The second-order valence-electron chi connectivity index (χ2n) is 5.63. The molecule has 0 aliphatic heterocycles. The van der Waals surface area contributed by atoms with Gasteiger partial charge in [0, 0.05) is 23.9 Å². The maximum atomic E-state index is 13.0. The van der Waals surface area contributed by atoms with E-state index in [2.05, 4.69) is 24.1 Å². The zero-order valence-corrected chi connectivity index (χ0v) is 10.9. The number of hydrogen-bond donors (Lipinski definition) is 1. The molecule has 1 atom stereocenters. The lowest BCUT2D eigenvalue weighted by molar-refractivity contribution is 0.0853. The number of pyridine rings is 1. The monoisotopic (exact) mass is 250 g/mol. The molecule has 0 spiro atoms. The molecule has 1 fully saturated rings. The van der Waals surface area contributed by atoms with E-state index in [9.17, 15) is 9.18 Å². The van der Waals surface area contributed by atoms with E-state index in [0.29, 0.717) is 5.56 Å². The standard InChI is InChI=1S/C14H19FN2O/c1-14(2)7-4-3-5-11(14)17-13(18)10-6-8-16-12(15)9-10/h6,8-9,11H,3-5,7H2,1-2H3,(H,17,18)/t11-/m0/s1. The Kier molecular flexibility index (Phi) is 3.64. The van der Waals surface area contributed by atoms with Crippen molar-refractivity contribution in [1.29, 1.82) is 0 Å². The Labute approximate surface area is 107 Å². The molecule has 0 radical (unpaired) electrons. The quantitative estimate of drug-likeness (QED) is 0.820. The maximum Gasteiger partial charge on any atom is 0.251 e. The minimum absolute atomic E-state index is 0.111. The number of carbonyl (C=O) groups excluding carboxylic acids is 1. The summed E-state index contributed by atoms with van der Waals surface area (Å²) in [5.74, 6) is -0.832. The zero-order chi connectivity index (χ0) is 13.2. The van der Waals surface area contributed by atoms with Crippen LogP contribution in [0.4, 0.5) is 4.39 Å². The number of aromatic nitrogens is 1. The van der Waals surface area contributed by atoms with Crippen molar-refractivity contribution in [3.8, 4) is 0 Å². The minimum atomic E-state index is -0.620. The van der Waals surface area contributed by atoms with Gasteiger partial charge in [-0.3, -0.25) is 4.79 Å². The van der Waals surface area contributed by atoms with Crippen molar-refractivity contribution in [3.05, 3.63) is 29.8 Å². The van der Waals surface area contributed by atoms with E-state index in [1.807, 2.05) is 0 Å². The van der Waals surface area contributed by atoms with Crippen molar-refractivity contribution in [1.82, 2.24) is 10.3 Å². The smallest absolute Gasteiger partial charge is 0.251 e. The van der Waals surface area contributed by atoms with E-state index in [4.69, 9.17) is 0 Å². The number of carbonyl (C=O) groups is 1. The van der Waals surface area contributed by atoms with Gasteiger partial charge in [0.05, 0.1) is 0 Å². The normalized spacial score (nSPS) is 22.5. The second-order valence-corrected chi connectivity index (χ2v) is 5.63. The van der Waals surface area contributed by atoms with Gasteiger partial charge >= 0.3 is 0 Å². The van der Waals surface area contributed by atoms with Gasteiger partial charge in [-0.1, -0.05) is 26.7 Å². The molecule has 1 aliphatic rings. The van der Waals surface area contributed by atoms with Crippen LogP contribution in [0.25, 0.3) is 0 Å². The Bertz CT molecular complexity index is 445. The molecule has 0 saturated heterocycles. The SMILES string of the molecule is CC1(C)CCCC[C@@H]1NC(=O)c1ccnc(F)c1. The van der Waals surface area contributed by atoms with Crippen LogP contribution in [0.2, 0.25) is 0 Å². The van der Waals surface area contributed by atoms with Crippen molar-refractivity contribution in [2.45, 2.75) is 45.6 Å². The molecule has 1 N–H and O–H groups in total. The van der Waals surface area contributed by atoms with Crippen molar-refractivity contribution in [2.75, 3.05) is 0 Å². The van der Waals surface area contributed by atoms with Gasteiger partial charge in [-0.25, -0.2) is 4.98 Å². The summed E-state index contributed by atoms with van der Waals surface area (Å²) in [6.45, 7) is 4.34. The van der Waals surface area contributed by atoms with Crippen molar-refractivity contribution < 1.29 is 9.18 Å². The average molecular weight is 250 g/mol. The lowest BCUT2D eigenvalue weighted by Crippen LogP contribution is -2.46. The number of rotatable bonds is 2. The Balaban J connectivity index is 2.07. The fourth-order valence-electron chi connectivity index (χ4n) is 2.55. The Hall–Kier alpha value is -1.45. The van der Waals surface area contributed by atoms with Crippen LogP contribution in [-0.4, -0.2) is 16.9 Å². The van der Waals surface area contributed by atoms with Crippen LogP contribution in [0.15, 0.2) is 18.3 Å². The van der Waals surface area contributed by atoms with Crippen LogP contribution < -0.4 is 5.32 Å². The number of nitrogens with one attached hydrogen (secondary N) is 1. The highest BCUT2D eigenvalue weighted by Gasteiger charge is 2.33. The summed E-state index contributed by atoms with van der Waals surface area (Å²) in [6, 6.07) is 2.87. The first-order chi connectivity index (χ1) is 8.49. The molecule has 1 heterocycles. The Morgan fingerprint density at radius 3 is 2.94 bits per heavy atom. The fraction of sp³-hybridized carbons (Fsp3) is 0.571. The molecule has 2 rings (SSSR count). The van der Waals surface area contributed by atoms with Crippen LogP contribution >= 0.6 is 0 Å². The topological polar surface area (TPSA) is 42.0 Å². The number of amides is 1. The molecular weight excluding hydrogens is 231 g/mol. The summed E-state index contributed by atoms with van der Waals surface area (Å²) in [5.41, 5.74) is 0.448. The van der Waals surface area contributed by atoms with Crippen LogP contribution in [0.1, 0.15) is 49.9 Å². The van der Waals surface area contributed by atoms with E-state index in [-0.39, 0.29) is 17.4 Å². The van der Waals surface area contributed by atoms with Gasteiger partial charge in [-0.2, -0.15) is 4.39 Å². The molecule has 1 aromatic rings. The third-order valence-electron chi connectivity index (χ3n) is 3.80. The van der Waals surface area contributed by atoms with Crippen LogP contribution in [0, 0.1) is 11.4 Å². The van der Waals surface area contributed by atoms with E-state index >= 15 is 0 Å². The highest BCUT2D eigenvalue weighted by atomic mass is 19.1. The largest absolute Gasteiger partial charge is 0.349 e. The molecule has 0 bridgehead atoms. The van der Waals surface area contributed by atoms with Crippen molar-refractivity contribution in [2.24, 2.45) is 5.41 Å². The van der Waals surface area contributed by atoms with Gasteiger partial charge in [-0.05, 0) is 24.3 Å². The Morgan fingerprint density at radius 1 is 1.50 bits per heavy atom. The van der Waals surface area contributed by atoms with Gasteiger partial charge in [0.1, 0.15) is 0 Å². The first kappa shape index (κ1) is 13.0. The minimum Gasteiger partial charge on any atom is -0.349 e. The maximum absolute atomic E-state index is 13.0. The molecule has 4 heteroatoms. The lowest BCUT2D eigenvalue weighted by atomic mass is 9.73. The van der Waals surface area contributed by atoms with Gasteiger partial charge < -0.3 is 5.32 Å². The van der Waals surface area contributed by atoms with E-state index < -0.39 is 5.95 Å². The summed E-state index contributed by atoms with van der Waals surface area (Å²) in [4.78, 5) is 15.5.